The number of nitrogens with two attached hydrogens (primary N) is 1. The molecule has 0 unspecified atom stereocenters. The van der Waals surface area contributed by atoms with Crippen LogP contribution >= 0.6 is 12.2 Å². The van der Waals surface area contributed by atoms with E-state index in [0.29, 0.717) is 4.99 Å². The normalized spacial score (nSPS) is 9.75. The average molecular weight is 130 g/mol. The first kappa shape index (κ1) is 7.43. The molecule has 0 heterocycles. The van der Waals surface area contributed by atoms with Gasteiger partial charge in [-0.15, -0.1) is 0 Å². The van der Waals surface area contributed by atoms with E-state index in [9.17, 15) is 0 Å². The summed E-state index contributed by atoms with van der Waals surface area (Å²) in [6.07, 6.45) is 3.48. The Morgan fingerprint density at radius 2 is 2.12 bits per heavy atom. The molecule has 0 aromatic heterocycles. The van der Waals surface area contributed by atoms with Crippen LogP contribution in [0.25, 0.3) is 0 Å². The molecule has 3 heteroatoms. The maximum atomic E-state index is 5.16. The third kappa shape index (κ3) is 5.43. The molecule has 0 aromatic rings. The Kier molecular flexibility index (Phi) is 3.19. The standard InChI is InChI=1S/C5H10N2S/c1-7(2)4-3-5(6)8/h3-4H,1-2H3,(H2,6,8)/b4-3-. The van der Waals surface area contributed by atoms with Crippen LogP contribution in [0.2, 0.25) is 0 Å². The summed E-state index contributed by atoms with van der Waals surface area (Å²) in [5, 5.41) is 0. The predicted molar refractivity (Wildman–Crippen MR) is 39.6 cm³/mol. The average Bonchev–Trinajstić information content (AvgIpc) is 1.61. The van der Waals surface area contributed by atoms with E-state index in [2.05, 4.69) is 12.2 Å². The molecule has 0 bridgehead atoms. The van der Waals surface area contributed by atoms with E-state index in [0.717, 1.165) is 0 Å². The number of nitrogens with zero attached hydrogens (tertiary/aromatic N) is 1. The molecule has 0 aromatic carbocycles. The van der Waals surface area contributed by atoms with Crippen molar-refractivity contribution in [3.63, 3.8) is 0 Å². The van der Waals surface area contributed by atoms with Crippen LogP contribution in [0.3, 0.4) is 0 Å². The van der Waals surface area contributed by atoms with Crippen LogP contribution in [0.4, 0.5) is 0 Å². The van der Waals surface area contributed by atoms with Crippen LogP contribution in [0, 0.1) is 0 Å². The molecule has 0 atom stereocenters. The fraction of sp³-hybridized carbons (Fsp3) is 0.400. The maximum Gasteiger partial charge on any atom is 0.0976 e. The molecule has 0 saturated carbocycles. The van der Waals surface area contributed by atoms with Gasteiger partial charge in [0.25, 0.3) is 0 Å². The summed E-state index contributed by atoms with van der Waals surface area (Å²) in [6, 6.07) is 0. The van der Waals surface area contributed by atoms with Gasteiger partial charge in [0.1, 0.15) is 0 Å². The van der Waals surface area contributed by atoms with Crippen molar-refractivity contribution in [2.45, 2.75) is 0 Å². The highest BCUT2D eigenvalue weighted by Crippen LogP contribution is 1.76. The lowest BCUT2D eigenvalue weighted by Gasteiger charge is -2.01. The van der Waals surface area contributed by atoms with Crippen molar-refractivity contribution in [2.75, 3.05) is 14.1 Å². The molecule has 0 aliphatic heterocycles. The molecule has 0 aliphatic rings. The highest BCUT2D eigenvalue weighted by molar-refractivity contribution is 7.80. The van der Waals surface area contributed by atoms with Gasteiger partial charge in [0.2, 0.25) is 0 Å². The Hall–Kier alpha value is -0.570. The predicted octanol–water partition coefficient (Wildman–Crippen LogP) is 0.348. The zero-order valence-electron chi connectivity index (χ0n) is 5.09. The summed E-state index contributed by atoms with van der Waals surface area (Å²) >= 11 is 4.58. The van der Waals surface area contributed by atoms with Crippen LogP contribution in [0.5, 0.6) is 0 Å². The molecular formula is C5H10N2S. The van der Waals surface area contributed by atoms with E-state index in [-0.39, 0.29) is 0 Å². The molecule has 0 saturated heterocycles. The largest absolute Gasteiger partial charge is 0.390 e. The molecule has 0 rings (SSSR count). The first-order valence-corrected chi connectivity index (χ1v) is 2.68. The van der Waals surface area contributed by atoms with Crippen LogP contribution in [0.15, 0.2) is 12.3 Å². The molecular weight excluding hydrogens is 120 g/mol. The summed E-state index contributed by atoms with van der Waals surface area (Å²) in [5.41, 5.74) is 5.16. The summed E-state index contributed by atoms with van der Waals surface area (Å²) < 4.78 is 0. The van der Waals surface area contributed by atoms with Crippen molar-refractivity contribution < 1.29 is 0 Å². The number of thiocarbonyl (C=S) groups is 1. The molecule has 0 spiro atoms. The van der Waals surface area contributed by atoms with E-state index in [4.69, 9.17) is 5.73 Å². The highest BCUT2D eigenvalue weighted by atomic mass is 32.1. The van der Waals surface area contributed by atoms with E-state index < -0.39 is 0 Å². The highest BCUT2D eigenvalue weighted by Gasteiger charge is 1.76. The van der Waals surface area contributed by atoms with E-state index >= 15 is 0 Å². The van der Waals surface area contributed by atoms with Crippen molar-refractivity contribution in [1.29, 1.82) is 0 Å². The van der Waals surface area contributed by atoms with E-state index in [1.807, 2.05) is 25.2 Å². The Morgan fingerprint density at radius 1 is 1.62 bits per heavy atom. The van der Waals surface area contributed by atoms with Gasteiger partial charge in [-0.05, 0) is 6.08 Å². The second kappa shape index (κ2) is 3.43. The molecule has 2 nitrogen and oxygen atoms in total. The fourth-order valence-electron chi connectivity index (χ4n) is 0.223. The smallest absolute Gasteiger partial charge is 0.0976 e. The van der Waals surface area contributed by atoms with Gasteiger partial charge in [-0.3, -0.25) is 0 Å². The third-order valence-electron chi connectivity index (χ3n) is 0.537. The minimum absolute atomic E-state index is 0.415. The van der Waals surface area contributed by atoms with E-state index in [1.54, 1.807) is 6.08 Å². The third-order valence-corrected chi connectivity index (χ3v) is 0.673. The summed E-state index contributed by atoms with van der Waals surface area (Å²) in [7, 11) is 3.82. The second-order valence-corrected chi connectivity index (χ2v) is 2.15. The van der Waals surface area contributed by atoms with Gasteiger partial charge >= 0.3 is 0 Å². The maximum absolute atomic E-state index is 5.16. The summed E-state index contributed by atoms with van der Waals surface area (Å²) in [4.78, 5) is 2.29. The monoisotopic (exact) mass is 130 g/mol. The van der Waals surface area contributed by atoms with Gasteiger partial charge in [0.15, 0.2) is 0 Å². The van der Waals surface area contributed by atoms with Gasteiger partial charge in [-0.1, -0.05) is 12.2 Å². The molecule has 46 valence electrons. The number of hydrogen-bond acceptors (Lipinski definition) is 2. The Labute approximate surface area is 55.0 Å². The number of hydrogen-bond donors (Lipinski definition) is 1. The van der Waals surface area contributed by atoms with E-state index in [1.165, 1.54) is 0 Å². The van der Waals surface area contributed by atoms with Crippen molar-refractivity contribution >= 4 is 17.2 Å². The SMILES string of the molecule is CN(C)/C=C\C(N)=S. The van der Waals surface area contributed by atoms with Crippen molar-refractivity contribution in [2.24, 2.45) is 5.73 Å². The van der Waals surface area contributed by atoms with Gasteiger partial charge in [0.05, 0.1) is 4.99 Å². The second-order valence-electron chi connectivity index (χ2n) is 1.68. The molecule has 0 radical (unpaired) electrons. The molecule has 8 heavy (non-hydrogen) atoms. The van der Waals surface area contributed by atoms with Gasteiger partial charge in [-0.25, -0.2) is 0 Å². The molecule has 0 fully saturated rings. The molecule has 0 aliphatic carbocycles. The quantitative estimate of drug-likeness (QED) is 0.432. The Balaban J connectivity index is 3.50. The lowest BCUT2D eigenvalue weighted by molar-refractivity contribution is 0.564. The lowest BCUT2D eigenvalue weighted by Crippen LogP contribution is -2.07. The first-order chi connectivity index (χ1) is 3.63. The topological polar surface area (TPSA) is 29.3 Å². The van der Waals surface area contributed by atoms with Crippen molar-refractivity contribution in [1.82, 2.24) is 4.90 Å². The Bertz CT molecular complexity index is 107. The van der Waals surface area contributed by atoms with Gasteiger partial charge in [0, 0.05) is 20.3 Å². The van der Waals surface area contributed by atoms with Crippen molar-refractivity contribution in [3.8, 4) is 0 Å². The minimum Gasteiger partial charge on any atom is -0.390 e. The van der Waals surface area contributed by atoms with Crippen LogP contribution in [-0.4, -0.2) is 24.0 Å². The minimum atomic E-state index is 0.415. The van der Waals surface area contributed by atoms with Crippen LogP contribution < -0.4 is 5.73 Å². The lowest BCUT2D eigenvalue weighted by atomic mass is 10.6. The van der Waals surface area contributed by atoms with Gasteiger partial charge < -0.3 is 10.6 Å². The van der Waals surface area contributed by atoms with Crippen LogP contribution in [-0.2, 0) is 0 Å². The Morgan fingerprint density at radius 3 is 2.25 bits per heavy atom. The first-order valence-electron chi connectivity index (χ1n) is 2.27. The summed E-state index contributed by atoms with van der Waals surface area (Å²) in [5.74, 6) is 0. The van der Waals surface area contributed by atoms with Gasteiger partial charge in [-0.2, -0.15) is 0 Å². The zero-order chi connectivity index (χ0) is 6.57. The fourth-order valence-corrected chi connectivity index (χ4v) is 0.283. The molecule has 0 amide bonds. The van der Waals surface area contributed by atoms with Crippen LogP contribution in [0.1, 0.15) is 0 Å². The zero-order valence-corrected chi connectivity index (χ0v) is 5.90. The number of rotatable bonds is 2. The molecule has 2 N–H and O–H groups in total. The summed E-state index contributed by atoms with van der Waals surface area (Å²) in [6.45, 7) is 0. The van der Waals surface area contributed by atoms with Crippen molar-refractivity contribution in [3.05, 3.63) is 12.3 Å².